The van der Waals surface area contributed by atoms with Crippen molar-refractivity contribution >= 4 is 20.0 Å². The second-order valence-corrected chi connectivity index (χ2v) is 10.2. The Morgan fingerprint density at radius 3 is 2.57 bits per heavy atom. The molecule has 2 fully saturated rings. The van der Waals surface area contributed by atoms with E-state index in [0.29, 0.717) is 12.6 Å². The molecule has 1 saturated heterocycles. The maximum absolute atomic E-state index is 12.5. The van der Waals surface area contributed by atoms with Gasteiger partial charge in [0.15, 0.2) is 9.84 Å². The molecule has 124 valence electrons. The molecule has 7 nitrogen and oxygen atoms in total. The van der Waals surface area contributed by atoms with E-state index in [1.165, 1.54) is 21.5 Å². The van der Waals surface area contributed by atoms with Gasteiger partial charge < -0.3 is 5.32 Å². The summed E-state index contributed by atoms with van der Waals surface area (Å²) in [5, 5.41) is 3.35. The van der Waals surface area contributed by atoms with Gasteiger partial charge in [0.1, 0.15) is 0 Å². The van der Waals surface area contributed by atoms with Gasteiger partial charge in [-0.05, 0) is 32.7 Å². The lowest BCUT2D eigenvalue weighted by molar-refractivity contribution is 0.319. The first-order chi connectivity index (χ1) is 9.72. The van der Waals surface area contributed by atoms with Gasteiger partial charge in [0, 0.05) is 32.2 Å². The van der Waals surface area contributed by atoms with Crippen molar-refractivity contribution < 1.29 is 16.8 Å². The van der Waals surface area contributed by atoms with E-state index in [9.17, 15) is 16.8 Å². The summed E-state index contributed by atoms with van der Waals surface area (Å²) in [7, 11) is -5.12. The zero-order valence-corrected chi connectivity index (χ0v) is 14.3. The maximum atomic E-state index is 12.5. The van der Waals surface area contributed by atoms with Crippen LogP contribution in [0, 0.1) is 0 Å². The SMILES string of the molecule is CC1CS(=O)(=O)CCN1S(=O)(=O)N(C)CCCNC1CC1. The highest BCUT2D eigenvalue weighted by Crippen LogP contribution is 2.19. The molecule has 0 aromatic rings. The predicted octanol–water partition coefficient (Wildman–Crippen LogP) is -0.576. The molecule has 2 aliphatic rings. The lowest BCUT2D eigenvalue weighted by atomic mass is 10.4. The Morgan fingerprint density at radius 1 is 1.33 bits per heavy atom. The molecule has 1 aliphatic heterocycles. The lowest BCUT2D eigenvalue weighted by Gasteiger charge is -2.34. The molecule has 0 bridgehead atoms. The van der Waals surface area contributed by atoms with Crippen molar-refractivity contribution in [1.82, 2.24) is 13.9 Å². The molecule has 0 aromatic heterocycles. The molecule has 1 aliphatic carbocycles. The van der Waals surface area contributed by atoms with Crippen molar-refractivity contribution in [3.05, 3.63) is 0 Å². The van der Waals surface area contributed by atoms with Gasteiger partial charge in [0.05, 0.1) is 11.5 Å². The zero-order valence-electron chi connectivity index (χ0n) is 12.7. The zero-order chi connectivity index (χ0) is 15.7. The Morgan fingerprint density at radius 2 is 2.00 bits per heavy atom. The molecule has 1 saturated carbocycles. The normalized spacial score (nSPS) is 27.1. The lowest BCUT2D eigenvalue weighted by Crippen LogP contribution is -2.53. The summed E-state index contributed by atoms with van der Waals surface area (Å²) in [6.07, 6.45) is 3.19. The van der Waals surface area contributed by atoms with Gasteiger partial charge in [0.2, 0.25) is 0 Å². The highest BCUT2D eigenvalue weighted by atomic mass is 32.2. The van der Waals surface area contributed by atoms with Gasteiger partial charge in [-0.3, -0.25) is 0 Å². The molecule has 1 heterocycles. The van der Waals surface area contributed by atoms with E-state index in [0.717, 1.165) is 13.0 Å². The van der Waals surface area contributed by atoms with E-state index >= 15 is 0 Å². The fraction of sp³-hybridized carbons (Fsp3) is 1.00. The summed E-state index contributed by atoms with van der Waals surface area (Å²) in [6, 6.07) is 0.125. The Hall–Kier alpha value is -0.220. The quantitative estimate of drug-likeness (QED) is 0.627. The van der Waals surface area contributed by atoms with Crippen LogP contribution in [0.4, 0.5) is 0 Å². The van der Waals surface area contributed by atoms with Crippen LogP contribution in [0.2, 0.25) is 0 Å². The van der Waals surface area contributed by atoms with E-state index in [2.05, 4.69) is 5.32 Å². The number of hydrogen-bond acceptors (Lipinski definition) is 5. The third-order valence-electron chi connectivity index (χ3n) is 3.96. The molecule has 0 amide bonds. The summed E-state index contributed by atoms with van der Waals surface area (Å²) in [4.78, 5) is 0. The van der Waals surface area contributed by atoms with Crippen LogP contribution in [0.1, 0.15) is 26.2 Å². The van der Waals surface area contributed by atoms with E-state index in [4.69, 9.17) is 0 Å². The van der Waals surface area contributed by atoms with Crippen LogP contribution in [0.3, 0.4) is 0 Å². The molecule has 21 heavy (non-hydrogen) atoms. The average Bonchev–Trinajstić information content (AvgIpc) is 3.16. The van der Waals surface area contributed by atoms with Crippen molar-refractivity contribution in [2.24, 2.45) is 0 Å². The molecular weight excluding hydrogens is 314 g/mol. The summed E-state index contributed by atoms with van der Waals surface area (Å²) in [5.41, 5.74) is 0. The van der Waals surface area contributed by atoms with Gasteiger partial charge in [-0.15, -0.1) is 0 Å². The minimum atomic E-state index is -3.57. The Balaban J connectivity index is 1.86. The van der Waals surface area contributed by atoms with Crippen molar-refractivity contribution in [1.29, 1.82) is 0 Å². The summed E-state index contributed by atoms with van der Waals surface area (Å²) in [6.45, 7) is 2.96. The molecule has 1 unspecified atom stereocenters. The van der Waals surface area contributed by atoms with Crippen molar-refractivity contribution in [2.75, 3.05) is 38.2 Å². The third-order valence-corrected chi connectivity index (χ3v) is 7.86. The van der Waals surface area contributed by atoms with Crippen LogP contribution in [0.5, 0.6) is 0 Å². The monoisotopic (exact) mass is 339 g/mol. The topological polar surface area (TPSA) is 86.8 Å². The van der Waals surface area contributed by atoms with E-state index < -0.39 is 26.1 Å². The Labute approximate surface area is 127 Å². The maximum Gasteiger partial charge on any atom is 0.282 e. The van der Waals surface area contributed by atoms with Crippen LogP contribution in [-0.2, 0) is 20.0 Å². The van der Waals surface area contributed by atoms with Crippen LogP contribution in [-0.4, -0.2) is 75.7 Å². The third kappa shape index (κ3) is 4.62. The first kappa shape index (κ1) is 17.1. The van der Waals surface area contributed by atoms with Gasteiger partial charge in [-0.2, -0.15) is 17.0 Å². The summed E-state index contributed by atoms with van der Waals surface area (Å²) < 4.78 is 50.7. The van der Waals surface area contributed by atoms with Crippen molar-refractivity contribution in [3.63, 3.8) is 0 Å². The van der Waals surface area contributed by atoms with Crippen LogP contribution in [0.25, 0.3) is 0 Å². The molecule has 0 radical (unpaired) electrons. The molecule has 9 heteroatoms. The fourth-order valence-corrected chi connectivity index (χ4v) is 5.85. The van der Waals surface area contributed by atoms with Gasteiger partial charge >= 0.3 is 0 Å². The first-order valence-corrected chi connectivity index (χ1v) is 10.6. The second kappa shape index (κ2) is 6.49. The highest BCUT2D eigenvalue weighted by Gasteiger charge is 2.37. The summed E-state index contributed by atoms with van der Waals surface area (Å²) >= 11 is 0. The molecule has 0 aromatic carbocycles. The standard InChI is InChI=1S/C12H25N3O4S2/c1-11-10-20(16,17)9-8-15(11)21(18,19)14(2)7-3-6-13-12-4-5-12/h11-13H,3-10H2,1-2H3. The number of nitrogens with zero attached hydrogens (tertiary/aromatic N) is 2. The fourth-order valence-electron chi connectivity index (χ4n) is 2.52. The van der Waals surface area contributed by atoms with Gasteiger partial charge in [-0.25, -0.2) is 8.42 Å². The second-order valence-electron chi connectivity index (χ2n) is 5.99. The van der Waals surface area contributed by atoms with Crippen LogP contribution >= 0.6 is 0 Å². The molecular formula is C12H25N3O4S2. The minimum Gasteiger partial charge on any atom is -0.314 e. The number of hydrogen-bond donors (Lipinski definition) is 1. The first-order valence-electron chi connectivity index (χ1n) is 7.39. The Kier molecular flexibility index (Phi) is 5.30. The van der Waals surface area contributed by atoms with E-state index in [1.807, 2.05) is 0 Å². The number of nitrogens with one attached hydrogen (secondary N) is 1. The molecule has 2 rings (SSSR count). The van der Waals surface area contributed by atoms with E-state index in [1.54, 1.807) is 14.0 Å². The van der Waals surface area contributed by atoms with Crippen molar-refractivity contribution in [3.8, 4) is 0 Å². The summed E-state index contributed by atoms with van der Waals surface area (Å²) in [5.74, 6) is -0.184. The largest absolute Gasteiger partial charge is 0.314 e. The average molecular weight is 339 g/mol. The van der Waals surface area contributed by atoms with Crippen LogP contribution in [0.15, 0.2) is 0 Å². The Bertz CT molecular complexity index is 557. The minimum absolute atomic E-state index is 0.0521. The number of sulfone groups is 1. The van der Waals surface area contributed by atoms with Gasteiger partial charge in [-0.1, -0.05) is 0 Å². The molecule has 1 N–H and O–H groups in total. The number of rotatable bonds is 7. The van der Waals surface area contributed by atoms with Gasteiger partial charge in [0.25, 0.3) is 10.2 Å². The van der Waals surface area contributed by atoms with Crippen molar-refractivity contribution in [2.45, 2.75) is 38.3 Å². The highest BCUT2D eigenvalue weighted by molar-refractivity contribution is 7.91. The molecule has 1 atom stereocenters. The predicted molar refractivity (Wildman–Crippen MR) is 82.0 cm³/mol. The molecule has 0 spiro atoms. The smallest absolute Gasteiger partial charge is 0.282 e. The van der Waals surface area contributed by atoms with E-state index in [-0.39, 0.29) is 18.1 Å². The van der Waals surface area contributed by atoms with Crippen LogP contribution < -0.4 is 5.32 Å².